The molecule has 4 nitrogen and oxygen atoms in total. The van der Waals surface area contributed by atoms with Crippen molar-refractivity contribution in [3.05, 3.63) is 59.9 Å². The van der Waals surface area contributed by atoms with Crippen LogP contribution < -0.4 is 33.3 Å². The number of fused-ring (bicyclic) bond motifs is 1. The van der Waals surface area contributed by atoms with Crippen LogP contribution in [0.15, 0.2) is 48.5 Å². The summed E-state index contributed by atoms with van der Waals surface area (Å²) in [6, 6.07) is 16.2. The van der Waals surface area contributed by atoms with Crippen molar-refractivity contribution in [2.75, 3.05) is 6.61 Å². The third-order valence-electron chi connectivity index (χ3n) is 4.62. The number of nitrogens with zero attached hydrogens (tertiary/aromatic N) is 2. The van der Waals surface area contributed by atoms with Crippen molar-refractivity contribution in [1.29, 1.82) is 0 Å². The normalized spacial score (nSPS) is 12.0. The molecular formula is C21H27IN2O2. The number of para-hydroxylation sites is 3. The maximum absolute atomic E-state index is 10.6. The molecule has 2 aromatic carbocycles. The maximum atomic E-state index is 10.6. The molecule has 0 saturated carbocycles. The van der Waals surface area contributed by atoms with Crippen molar-refractivity contribution in [1.82, 2.24) is 4.57 Å². The van der Waals surface area contributed by atoms with E-state index >= 15 is 0 Å². The van der Waals surface area contributed by atoms with Crippen LogP contribution in [0.25, 0.3) is 11.0 Å². The Bertz CT molecular complexity index is 860. The highest BCUT2D eigenvalue weighted by molar-refractivity contribution is 5.72. The Hall–Kier alpha value is -1.60. The van der Waals surface area contributed by atoms with Gasteiger partial charge in [0, 0.05) is 6.42 Å². The number of rotatable bonds is 7. The van der Waals surface area contributed by atoms with Crippen molar-refractivity contribution < 1.29 is 38.4 Å². The molecule has 3 rings (SSSR count). The summed E-state index contributed by atoms with van der Waals surface area (Å²) in [7, 11) is 2.10. The third kappa shape index (κ3) is 4.38. The fourth-order valence-electron chi connectivity index (χ4n) is 3.33. The second-order valence-corrected chi connectivity index (χ2v) is 6.55. The molecule has 1 unspecified atom stereocenters. The summed E-state index contributed by atoms with van der Waals surface area (Å²) in [6.07, 6.45) is 1.49. The number of hydrogen-bond acceptors (Lipinski definition) is 2. The van der Waals surface area contributed by atoms with Crippen LogP contribution in [-0.4, -0.2) is 22.4 Å². The number of aromatic nitrogens is 2. The molecule has 0 saturated heterocycles. The molecule has 1 heterocycles. The minimum atomic E-state index is -0.564. The Balaban J connectivity index is 0.00000243. The minimum absolute atomic E-state index is 0. The largest absolute Gasteiger partial charge is 1.00 e. The van der Waals surface area contributed by atoms with Gasteiger partial charge in [-0.15, -0.1) is 0 Å². The molecule has 5 heteroatoms. The van der Waals surface area contributed by atoms with Crippen LogP contribution >= 0.6 is 0 Å². The van der Waals surface area contributed by atoms with Gasteiger partial charge in [-0.3, -0.25) is 0 Å². The third-order valence-corrected chi connectivity index (χ3v) is 4.62. The lowest BCUT2D eigenvalue weighted by Crippen LogP contribution is -3.00. The van der Waals surface area contributed by atoms with Crippen molar-refractivity contribution in [2.45, 2.75) is 39.3 Å². The average Bonchev–Trinajstić information content (AvgIpc) is 2.88. The fourth-order valence-corrected chi connectivity index (χ4v) is 3.33. The molecule has 0 fully saturated rings. The molecule has 26 heavy (non-hydrogen) atoms. The van der Waals surface area contributed by atoms with E-state index in [0.717, 1.165) is 29.7 Å². The first-order chi connectivity index (χ1) is 12.1. The van der Waals surface area contributed by atoms with E-state index in [1.807, 2.05) is 37.3 Å². The minimum Gasteiger partial charge on any atom is -1.00 e. The first kappa shape index (κ1) is 20.7. The van der Waals surface area contributed by atoms with Crippen LogP contribution in [-0.2, 0) is 20.0 Å². The lowest BCUT2D eigenvalue weighted by molar-refractivity contribution is -0.654. The molecule has 0 radical (unpaired) electrons. The number of imidazole rings is 1. The standard InChI is InChI=1S/C21H27N2O2.HI/c1-4-9-21-22(3)18-11-6-7-12-19(18)23(21)14-17(24)15-25-20-13-8-5-10-16(20)2;/h5-8,10-13,17,24H,4,9,14-15H2,1-3H3;1H/q+1;/p-1. The quantitative estimate of drug-likeness (QED) is 0.399. The molecule has 140 valence electrons. The highest BCUT2D eigenvalue weighted by atomic mass is 127. The van der Waals surface area contributed by atoms with Gasteiger partial charge in [-0.2, -0.15) is 0 Å². The molecular weight excluding hydrogens is 439 g/mol. The molecule has 0 aliphatic rings. The SMILES string of the molecule is CCCc1n(CC(O)COc2ccccc2C)c2ccccc2[n+]1C.[I-]. The molecule has 1 atom stereocenters. The second kappa shape index (κ2) is 9.37. The Labute approximate surface area is 172 Å². The van der Waals surface area contributed by atoms with E-state index in [-0.39, 0.29) is 30.6 Å². The first-order valence-corrected chi connectivity index (χ1v) is 8.94. The van der Waals surface area contributed by atoms with Crippen molar-refractivity contribution in [2.24, 2.45) is 7.05 Å². The molecule has 0 aliphatic carbocycles. The van der Waals surface area contributed by atoms with Gasteiger partial charge in [0.1, 0.15) is 25.0 Å². The van der Waals surface area contributed by atoms with Crippen LogP contribution in [0.1, 0.15) is 24.7 Å². The molecule has 1 aromatic heterocycles. The average molecular weight is 466 g/mol. The molecule has 1 N–H and O–H groups in total. The summed E-state index contributed by atoms with van der Waals surface area (Å²) in [6.45, 7) is 5.01. The Morgan fingerprint density at radius 3 is 2.54 bits per heavy atom. The summed E-state index contributed by atoms with van der Waals surface area (Å²) in [5, 5.41) is 10.6. The van der Waals surface area contributed by atoms with Crippen molar-refractivity contribution in [3.8, 4) is 5.75 Å². The molecule has 3 aromatic rings. The van der Waals surface area contributed by atoms with Crippen molar-refractivity contribution >= 4 is 11.0 Å². The van der Waals surface area contributed by atoms with E-state index in [1.165, 1.54) is 11.3 Å². The summed E-state index contributed by atoms with van der Waals surface area (Å²) in [4.78, 5) is 0. The van der Waals surface area contributed by atoms with E-state index in [2.05, 4.69) is 41.3 Å². The number of halogens is 1. The zero-order valence-corrected chi connectivity index (χ0v) is 17.8. The van der Waals surface area contributed by atoms with E-state index in [4.69, 9.17) is 4.74 Å². The first-order valence-electron chi connectivity index (χ1n) is 8.94. The summed E-state index contributed by atoms with van der Waals surface area (Å²) in [5.41, 5.74) is 3.43. The predicted octanol–water partition coefficient (Wildman–Crippen LogP) is 0.171. The molecule has 0 amide bonds. The maximum Gasteiger partial charge on any atom is 0.257 e. The second-order valence-electron chi connectivity index (χ2n) is 6.55. The van der Waals surface area contributed by atoms with Crippen molar-refractivity contribution in [3.63, 3.8) is 0 Å². The highest BCUT2D eigenvalue weighted by Gasteiger charge is 2.23. The van der Waals surface area contributed by atoms with Crippen LogP contribution in [0.4, 0.5) is 0 Å². The zero-order valence-electron chi connectivity index (χ0n) is 15.7. The summed E-state index contributed by atoms with van der Waals surface area (Å²) in [5.74, 6) is 2.07. The lowest BCUT2D eigenvalue weighted by atomic mass is 10.2. The number of aliphatic hydroxyl groups is 1. The Morgan fingerprint density at radius 2 is 1.81 bits per heavy atom. The van der Waals surface area contributed by atoms with Gasteiger partial charge in [-0.05, 0) is 37.1 Å². The van der Waals surface area contributed by atoms with Gasteiger partial charge in [0.15, 0.2) is 11.0 Å². The number of ether oxygens (including phenoxy) is 1. The monoisotopic (exact) mass is 466 g/mol. The predicted molar refractivity (Wildman–Crippen MR) is 99.8 cm³/mol. The smallest absolute Gasteiger partial charge is 0.257 e. The lowest BCUT2D eigenvalue weighted by Gasteiger charge is -2.13. The van der Waals surface area contributed by atoms with Gasteiger partial charge in [0.05, 0.1) is 7.05 Å². The Morgan fingerprint density at radius 1 is 1.12 bits per heavy atom. The van der Waals surface area contributed by atoms with Crippen LogP contribution in [0.5, 0.6) is 5.75 Å². The topological polar surface area (TPSA) is 38.3 Å². The highest BCUT2D eigenvalue weighted by Crippen LogP contribution is 2.18. The number of hydrogen-bond donors (Lipinski definition) is 1. The number of aryl methyl sites for hydroxylation is 2. The fraction of sp³-hybridized carbons (Fsp3) is 0.381. The van der Waals surface area contributed by atoms with E-state index in [9.17, 15) is 5.11 Å². The summed E-state index contributed by atoms with van der Waals surface area (Å²) < 4.78 is 10.3. The van der Waals surface area contributed by atoms with Gasteiger partial charge in [-0.25, -0.2) is 9.13 Å². The van der Waals surface area contributed by atoms with Gasteiger partial charge >= 0.3 is 0 Å². The van der Waals surface area contributed by atoms with E-state index < -0.39 is 6.10 Å². The van der Waals surface area contributed by atoms with Gasteiger partial charge in [0.25, 0.3) is 5.82 Å². The van der Waals surface area contributed by atoms with Gasteiger partial charge in [0.2, 0.25) is 0 Å². The van der Waals surface area contributed by atoms with E-state index in [1.54, 1.807) is 0 Å². The van der Waals surface area contributed by atoms with Crippen LogP contribution in [0, 0.1) is 6.92 Å². The molecule has 0 spiro atoms. The summed E-state index contributed by atoms with van der Waals surface area (Å²) >= 11 is 0. The molecule has 0 aliphatic heterocycles. The van der Waals surface area contributed by atoms with Gasteiger partial charge < -0.3 is 33.8 Å². The number of aliphatic hydroxyl groups excluding tert-OH is 1. The number of benzene rings is 2. The van der Waals surface area contributed by atoms with E-state index in [0.29, 0.717) is 6.54 Å². The zero-order chi connectivity index (χ0) is 17.8. The van der Waals surface area contributed by atoms with Gasteiger partial charge in [-0.1, -0.05) is 37.3 Å². The van der Waals surface area contributed by atoms with Crippen LogP contribution in [0.3, 0.4) is 0 Å². The molecule has 0 bridgehead atoms. The Kier molecular flexibility index (Phi) is 7.46. The van der Waals surface area contributed by atoms with Crippen LogP contribution in [0.2, 0.25) is 0 Å².